The Kier molecular flexibility index (Phi) is 4.17. The SMILES string of the molecule is COCc1ccc(C(=O)c2ccc(C(C)C)cc2)o1. The summed E-state index contributed by atoms with van der Waals surface area (Å²) in [6.45, 7) is 4.63. The van der Waals surface area contributed by atoms with Crippen molar-refractivity contribution in [3.8, 4) is 0 Å². The van der Waals surface area contributed by atoms with E-state index in [0.717, 1.165) is 0 Å². The average molecular weight is 258 g/mol. The number of ether oxygens (including phenoxy) is 1. The summed E-state index contributed by atoms with van der Waals surface area (Å²) < 4.78 is 10.4. The van der Waals surface area contributed by atoms with Gasteiger partial charge in [-0.25, -0.2) is 0 Å². The van der Waals surface area contributed by atoms with Crippen LogP contribution in [0.25, 0.3) is 0 Å². The Hall–Kier alpha value is -1.87. The van der Waals surface area contributed by atoms with Crippen molar-refractivity contribution in [3.63, 3.8) is 0 Å². The third kappa shape index (κ3) is 3.12. The lowest BCUT2D eigenvalue weighted by Gasteiger charge is -2.05. The maximum atomic E-state index is 12.2. The van der Waals surface area contributed by atoms with E-state index in [-0.39, 0.29) is 5.78 Å². The van der Waals surface area contributed by atoms with Crippen LogP contribution in [0.2, 0.25) is 0 Å². The van der Waals surface area contributed by atoms with Gasteiger partial charge >= 0.3 is 0 Å². The molecular weight excluding hydrogens is 240 g/mol. The maximum absolute atomic E-state index is 12.2. The number of hydrogen-bond donors (Lipinski definition) is 0. The van der Waals surface area contributed by atoms with Crippen LogP contribution < -0.4 is 0 Å². The fourth-order valence-corrected chi connectivity index (χ4v) is 1.88. The van der Waals surface area contributed by atoms with Gasteiger partial charge in [0.2, 0.25) is 5.78 Å². The average Bonchev–Trinajstić information content (AvgIpc) is 2.87. The van der Waals surface area contributed by atoms with Gasteiger partial charge in [-0.2, -0.15) is 0 Å². The Labute approximate surface area is 113 Å². The Bertz CT molecular complexity index is 550. The monoisotopic (exact) mass is 258 g/mol. The summed E-state index contributed by atoms with van der Waals surface area (Å²) in [7, 11) is 1.59. The number of carbonyl (C=O) groups is 1. The van der Waals surface area contributed by atoms with E-state index in [2.05, 4.69) is 13.8 Å². The molecule has 0 aliphatic heterocycles. The summed E-state index contributed by atoms with van der Waals surface area (Å²) in [5.41, 5.74) is 1.86. The number of furan rings is 1. The van der Waals surface area contributed by atoms with Crippen LogP contribution in [0.5, 0.6) is 0 Å². The van der Waals surface area contributed by atoms with E-state index in [1.807, 2.05) is 24.3 Å². The number of carbonyl (C=O) groups excluding carboxylic acids is 1. The second kappa shape index (κ2) is 5.85. The number of benzene rings is 1. The van der Waals surface area contributed by atoms with E-state index >= 15 is 0 Å². The molecule has 0 spiro atoms. The maximum Gasteiger partial charge on any atom is 0.228 e. The van der Waals surface area contributed by atoms with E-state index < -0.39 is 0 Å². The zero-order valence-electron chi connectivity index (χ0n) is 11.5. The van der Waals surface area contributed by atoms with E-state index in [1.165, 1.54) is 5.56 Å². The van der Waals surface area contributed by atoms with E-state index in [9.17, 15) is 4.79 Å². The van der Waals surface area contributed by atoms with Crippen molar-refractivity contribution in [2.45, 2.75) is 26.4 Å². The lowest BCUT2D eigenvalue weighted by atomic mass is 10.00. The van der Waals surface area contributed by atoms with Crippen LogP contribution in [0.3, 0.4) is 0 Å². The Morgan fingerprint density at radius 1 is 1.16 bits per heavy atom. The van der Waals surface area contributed by atoms with Gasteiger partial charge in [-0.05, 0) is 23.6 Å². The van der Waals surface area contributed by atoms with Gasteiger partial charge in [-0.3, -0.25) is 4.79 Å². The molecule has 0 aliphatic rings. The minimum Gasteiger partial charge on any atom is -0.455 e. The summed E-state index contributed by atoms with van der Waals surface area (Å²) in [6, 6.07) is 11.1. The van der Waals surface area contributed by atoms with Gasteiger partial charge in [-0.1, -0.05) is 38.1 Å². The number of rotatable bonds is 5. The summed E-state index contributed by atoms with van der Waals surface area (Å²) in [5.74, 6) is 1.37. The van der Waals surface area contributed by atoms with E-state index in [4.69, 9.17) is 9.15 Å². The molecule has 3 heteroatoms. The van der Waals surface area contributed by atoms with Crippen molar-refractivity contribution >= 4 is 5.78 Å². The fraction of sp³-hybridized carbons (Fsp3) is 0.312. The van der Waals surface area contributed by atoms with Gasteiger partial charge in [0.1, 0.15) is 12.4 Å². The Morgan fingerprint density at radius 3 is 2.42 bits per heavy atom. The summed E-state index contributed by atoms with van der Waals surface area (Å²) in [6.07, 6.45) is 0. The number of methoxy groups -OCH3 is 1. The molecule has 0 fully saturated rings. The highest BCUT2D eigenvalue weighted by atomic mass is 16.5. The summed E-state index contributed by atoms with van der Waals surface area (Å²) >= 11 is 0. The molecule has 100 valence electrons. The predicted molar refractivity (Wildman–Crippen MR) is 73.4 cm³/mol. The van der Waals surface area contributed by atoms with E-state index in [1.54, 1.807) is 19.2 Å². The van der Waals surface area contributed by atoms with Gasteiger partial charge in [-0.15, -0.1) is 0 Å². The van der Waals surface area contributed by atoms with Crippen molar-refractivity contribution in [3.05, 3.63) is 59.0 Å². The lowest BCUT2D eigenvalue weighted by Crippen LogP contribution is -2.00. The predicted octanol–water partition coefficient (Wildman–Crippen LogP) is 3.78. The smallest absolute Gasteiger partial charge is 0.228 e. The molecule has 3 nitrogen and oxygen atoms in total. The highest BCUT2D eigenvalue weighted by Gasteiger charge is 2.13. The quantitative estimate of drug-likeness (QED) is 0.766. The zero-order valence-corrected chi connectivity index (χ0v) is 11.5. The minimum absolute atomic E-state index is 0.0994. The Morgan fingerprint density at radius 2 is 1.84 bits per heavy atom. The van der Waals surface area contributed by atoms with Gasteiger partial charge in [0.05, 0.1) is 0 Å². The lowest BCUT2D eigenvalue weighted by molar-refractivity contribution is 0.1000. The topological polar surface area (TPSA) is 39.4 Å². The van der Waals surface area contributed by atoms with Crippen LogP contribution in [0, 0.1) is 0 Å². The molecule has 1 heterocycles. The van der Waals surface area contributed by atoms with Crippen LogP contribution in [0.1, 0.15) is 47.2 Å². The van der Waals surface area contributed by atoms with Crippen molar-refractivity contribution in [1.29, 1.82) is 0 Å². The van der Waals surface area contributed by atoms with Crippen LogP contribution >= 0.6 is 0 Å². The number of ketones is 1. The van der Waals surface area contributed by atoms with Crippen molar-refractivity contribution in [2.75, 3.05) is 7.11 Å². The molecule has 1 aromatic carbocycles. The third-order valence-electron chi connectivity index (χ3n) is 3.01. The molecule has 0 radical (unpaired) electrons. The largest absolute Gasteiger partial charge is 0.455 e. The molecule has 0 unspecified atom stereocenters. The molecular formula is C16H18O3. The first-order chi connectivity index (χ1) is 9.11. The Balaban J connectivity index is 2.18. The van der Waals surface area contributed by atoms with Crippen LogP contribution in [0.15, 0.2) is 40.8 Å². The van der Waals surface area contributed by atoms with Crippen LogP contribution in [-0.2, 0) is 11.3 Å². The first-order valence-corrected chi connectivity index (χ1v) is 6.34. The van der Waals surface area contributed by atoms with Crippen molar-refractivity contribution in [1.82, 2.24) is 0 Å². The molecule has 0 bridgehead atoms. The van der Waals surface area contributed by atoms with Crippen molar-refractivity contribution in [2.24, 2.45) is 0 Å². The minimum atomic E-state index is -0.0994. The van der Waals surface area contributed by atoms with E-state index in [0.29, 0.717) is 29.6 Å². The second-order valence-corrected chi connectivity index (χ2v) is 4.80. The standard InChI is InChI=1S/C16H18O3/c1-11(2)12-4-6-13(7-5-12)16(17)15-9-8-14(19-15)10-18-3/h4-9,11H,10H2,1-3H3. The van der Waals surface area contributed by atoms with Crippen LogP contribution in [-0.4, -0.2) is 12.9 Å². The summed E-state index contributed by atoms with van der Waals surface area (Å²) in [5, 5.41) is 0. The molecule has 0 saturated carbocycles. The molecule has 0 saturated heterocycles. The van der Waals surface area contributed by atoms with Gasteiger partial charge in [0.25, 0.3) is 0 Å². The number of hydrogen-bond acceptors (Lipinski definition) is 3. The zero-order chi connectivity index (χ0) is 13.8. The summed E-state index contributed by atoms with van der Waals surface area (Å²) in [4.78, 5) is 12.2. The molecule has 2 aromatic rings. The molecule has 0 atom stereocenters. The highest BCUT2D eigenvalue weighted by Crippen LogP contribution is 2.18. The van der Waals surface area contributed by atoms with Crippen LogP contribution in [0.4, 0.5) is 0 Å². The van der Waals surface area contributed by atoms with Gasteiger partial charge in [0.15, 0.2) is 5.76 Å². The molecule has 0 N–H and O–H groups in total. The first-order valence-electron chi connectivity index (χ1n) is 6.34. The first kappa shape index (κ1) is 13.6. The van der Waals surface area contributed by atoms with Gasteiger partial charge in [0, 0.05) is 12.7 Å². The molecule has 2 rings (SSSR count). The highest BCUT2D eigenvalue weighted by molar-refractivity contribution is 6.07. The normalized spacial score (nSPS) is 10.9. The van der Waals surface area contributed by atoms with Crippen molar-refractivity contribution < 1.29 is 13.9 Å². The molecule has 0 aliphatic carbocycles. The molecule has 19 heavy (non-hydrogen) atoms. The fourth-order valence-electron chi connectivity index (χ4n) is 1.88. The second-order valence-electron chi connectivity index (χ2n) is 4.80. The molecule has 0 amide bonds. The van der Waals surface area contributed by atoms with Gasteiger partial charge < -0.3 is 9.15 Å². The third-order valence-corrected chi connectivity index (χ3v) is 3.01. The molecule has 1 aromatic heterocycles.